The summed E-state index contributed by atoms with van der Waals surface area (Å²) in [5.41, 5.74) is 7.00. The Morgan fingerprint density at radius 2 is 2.15 bits per heavy atom. The predicted molar refractivity (Wildman–Crippen MR) is 118 cm³/mol. The lowest BCUT2D eigenvalue weighted by Crippen LogP contribution is -2.55. The summed E-state index contributed by atoms with van der Waals surface area (Å²) in [5.74, 6) is -1.84. The summed E-state index contributed by atoms with van der Waals surface area (Å²) < 4.78 is 25.0. The van der Waals surface area contributed by atoms with E-state index in [1.54, 1.807) is 13.8 Å². The standard InChI is InChI=1S/C23H25FN4O5/c1-13(2)33-19-6-4-16(24)10-18(19)28-7-8-32-21(23(28)31)20(29)22(30)27-17-5-3-14(11-25)15(9-17)12-26/h3-6,9-10,13,20-21,29H,7-8,12,26H2,1-2H3,(H,27,30)/t20-,21-/m1/s1. The van der Waals surface area contributed by atoms with Crippen molar-refractivity contribution in [2.24, 2.45) is 5.73 Å². The first-order valence-corrected chi connectivity index (χ1v) is 10.4. The number of carbonyl (C=O) groups excluding carboxylic acids is 2. The molecule has 0 unspecified atom stereocenters. The molecule has 0 spiro atoms. The van der Waals surface area contributed by atoms with Crippen LogP contribution in [0, 0.1) is 17.1 Å². The van der Waals surface area contributed by atoms with Crippen molar-refractivity contribution in [1.82, 2.24) is 0 Å². The normalized spacial score (nSPS) is 16.9. The third kappa shape index (κ3) is 5.46. The van der Waals surface area contributed by atoms with Crippen LogP contribution in [0.5, 0.6) is 5.75 Å². The molecule has 2 atom stereocenters. The van der Waals surface area contributed by atoms with Gasteiger partial charge in [-0.05, 0) is 49.7 Å². The summed E-state index contributed by atoms with van der Waals surface area (Å²) in [5, 5.41) is 22.2. The lowest BCUT2D eigenvalue weighted by atomic mass is 10.1. The number of rotatable bonds is 7. The van der Waals surface area contributed by atoms with Crippen LogP contribution in [0.1, 0.15) is 25.0 Å². The van der Waals surface area contributed by atoms with Gasteiger partial charge in [0.1, 0.15) is 11.6 Å². The van der Waals surface area contributed by atoms with Crippen LogP contribution >= 0.6 is 0 Å². The zero-order valence-corrected chi connectivity index (χ0v) is 18.2. The average Bonchev–Trinajstić information content (AvgIpc) is 2.79. The maximum atomic E-state index is 13.9. The third-order valence-electron chi connectivity index (χ3n) is 4.96. The predicted octanol–water partition coefficient (Wildman–Crippen LogP) is 1.67. The van der Waals surface area contributed by atoms with Gasteiger partial charge in [-0.15, -0.1) is 0 Å². The van der Waals surface area contributed by atoms with E-state index in [9.17, 15) is 19.1 Å². The average molecular weight is 456 g/mol. The molecular formula is C23H25FN4O5. The third-order valence-corrected chi connectivity index (χ3v) is 4.96. The van der Waals surface area contributed by atoms with E-state index < -0.39 is 29.8 Å². The number of benzene rings is 2. The summed E-state index contributed by atoms with van der Waals surface area (Å²) in [6, 6.07) is 10.3. The molecule has 0 radical (unpaired) electrons. The highest BCUT2D eigenvalue weighted by Gasteiger charge is 2.40. The van der Waals surface area contributed by atoms with Gasteiger partial charge in [0.25, 0.3) is 11.8 Å². The molecule has 9 nitrogen and oxygen atoms in total. The number of aliphatic hydroxyl groups is 1. The van der Waals surface area contributed by atoms with Gasteiger partial charge >= 0.3 is 0 Å². The Kier molecular flexibility index (Phi) is 7.60. The molecule has 33 heavy (non-hydrogen) atoms. The number of anilines is 2. The second-order valence-corrected chi connectivity index (χ2v) is 7.68. The van der Waals surface area contributed by atoms with Gasteiger partial charge in [-0.1, -0.05) is 0 Å². The number of nitriles is 1. The van der Waals surface area contributed by atoms with Crippen LogP contribution in [0.4, 0.5) is 15.8 Å². The molecule has 10 heteroatoms. The smallest absolute Gasteiger partial charge is 0.259 e. The van der Waals surface area contributed by atoms with Crippen molar-refractivity contribution < 1.29 is 28.6 Å². The minimum atomic E-state index is -1.83. The molecule has 0 bridgehead atoms. The quantitative estimate of drug-likeness (QED) is 0.576. The van der Waals surface area contributed by atoms with Crippen LogP contribution in [0.15, 0.2) is 36.4 Å². The van der Waals surface area contributed by atoms with Crippen LogP contribution in [0.25, 0.3) is 0 Å². The molecular weight excluding hydrogens is 431 g/mol. The Hall–Kier alpha value is -3.52. The van der Waals surface area contributed by atoms with Gasteiger partial charge in [-0.3, -0.25) is 9.59 Å². The number of hydrogen-bond acceptors (Lipinski definition) is 7. The van der Waals surface area contributed by atoms with E-state index in [4.69, 9.17) is 20.5 Å². The SMILES string of the molecule is CC(C)Oc1ccc(F)cc1N1CCO[C@H]([C@@H](O)C(=O)Nc2ccc(C#N)c(CN)c2)C1=O. The fraction of sp³-hybridized carbons (Fsp3) is 0.348. The molecule has 174 valence electrons. The highest BCUT2D eigenvalue weighted by atomic mass is 19.1. The summed E-state index contributed by atoms with van der Waals surface area (Å²) in [7, 11) is 0. The van der Waals surface area contributed by atoms with Crippen molar-refractivity contribution in [2.75, 3.05) is 23.4 Å². The first-order valence-electron chi connectivity index (χ1n) is 10.4. The molecule has 1 fully saturated rings. The van der Waals surface area contributed by atoms with E-state index in [0.717, 1.165) is 6.07 Å². The maximum absolute atomic E-state index is 13.9. The van der Waals surface area contributed by atoms with Gasteiger partial charge in [0.05, 0.1) is 30.0 Å². The molecule has 3 rings (SSSR count). The van der Waals surface area contributed by atoms with E-state index in [0.29, 0.717) is 22.6 Å². The monoisotopic (exact) mass is 456 g/mol. The Balaban J connectivity index is 1.79. The zero-order chi connectivity index (χ0) is 24.1. The van der Waals surface area contributed by atoms with Crippen molar-refractivity contribution in [3.63, 3.8) is 0 Å². The van der Waals surface area contributed by atoms with E-state index in [-0.39, 0.29) is 31.5 Å². The summed E-state index contributed by atoms with van der Waals surface area (Å²) in [6.07, 6.45) is -3.55. The first kappa shape index (κ1) is 24.1. The van der Waals surface area contributed by atoms with E-state index in [1.165, 1.54) is 35.2 Å². The van der Waals surface area contributed by atoms with Crippen LogP contribution < -0.4 is 20.7 Å². The minimum Gasteiger partial charge on any atom is -0.489 e. The summed E-state index contributed by atoms with van der Waals surface area (Å²) >= 11 is 0. The molecule has 1 heterocycles. The minimum absolute atomic E-state index is 0.0204. The summed E-state index contributed by atoms with van der Waals surface area (Å²) in [4.78, 5) is 27.0. The Bertz CT molecular complexity index is 1090. The van der Waals surface area contributed by atoms with Gasteiger partial charge in [0.15, 0.2) is 12.2 Å². The Labute approximate surface area is 190 Å². The van der Waals surface area contributed by atoms with Gasteiger partial charge < -0.3 is 30.5 Å². The number of nitrogens with one attached hydrogen (secondary N) is 1. The molecule has 0 aromatic heterocycles. The van der Waals surface area contributed by atoms with Gasteiger partial charge in [0, 0.05) is 24.8 Å². The van der Waals surface area contributed by atoms with Gasteiger partial charge in [-0.25, -0.2) is 4.39 Å². The second kappa shape index (κ2) is 10.4. The lowest BCUT2D eigenvalue weighted by molar-refractivity contribution is -0.150. The van der Waals surface area contributed by atoms with Crippen molar-refractivity contribution in [3.05, 3.63) is 53.3 Å². The maximum Gasteiger partial charge on any atom is 0.259 e. The fourth-order valence-electron chi connectivity index (χ4n) is 3.43. The molecule has 1 aliphatic heterocycles. The fourth-order valence-corrected chi connectivity index (χ4v) is 3.43. The number of morpholine rings is 1. The van der Waals surface area contributed by atoms with Crippen molar-refractivity contribution in [3.8, 4) is 11.8 Å². The molecule has 4 N–H and O–H groups in total. The molecule has 2 amide bonds. The zero-order valence-electron chi connectivity index (χ0n) is 18.2. The second-order valence-electron chi connectivity index (χ2n) is 7.68. The highest BCUT2D eigenvalue weighted by molar-refractivity contribution is 6.04. The topological polar surface area (TPSA) is 138 Å². The van der Waals surface area contributed by atoms with E-state index in [1.807, 2.05) is 6.07 Å². The number of nitrogens with zero attached hydrogens (tertiary/aromatic N) is 2. The number of nitrogens with two attached hydrogens (primary N) is 1. The lowest BCUT2D eigenvalue weighted by Gasteiger charge is -2.35. The largest absolute Gasteiger partial charge is 0.489 e. The molecule has 2 aromatic rings. The van der Waals surface area contributed by atoms with Crippen LogP contribution in [-0.2, 0) is 20.9 Å². The number of amides is 2. The molecule has 1 aliphatic rings. The summed E-state index contributed by atoms with van der Waals surface area (Å²) in [6.45, 7) is 3.79. The van der Waals surface area contributed by atoms with Crippen LogP contribution in [-0.4, -0.2) is 48.4 Å². The van der Waals surface area contributed by atoms with Crippen molar-refractivity contribution >= 4 is 23.2 Å². The highest BCUT2D eigenvalue weighted by Crippen LogP contribution is 2.32. The van der Waals surface area contributed by atoms with E-state index in [2.05, 4.69) is 5.32 Å². The van der Waals surface area contributed by atoms with Crippen LogP contribution in [0.3, 0.4) is 0 Å². The Morgan fingerprint density at radius 1 is 1.39 bits per heavy atom. The number of hydrogen-bond donors (Lipinski definition) is 3. The van der Waals surface area contributed by atoms with Crippen molar-refractivity contribution in [1.29, 1.82) is 5.26 Å². The van der Waals surface area contributed by atoms with Crippen LogP contribution in [0.2, 0.25) is 0 Å². The van der Waals surface area contributed by atoms with E-state index >= 15 is 0 Å². The van der Waals surface area contributed by atoms with Gasteiger partial charge in [-0.2, -0.15) is 5.26 Å². The molecule has 0 saturated carbocycles. The van der Waals surface area contributed by atoms with Gasteiger partial charge in [0.2, 0.25) is 0 Å². The number of halogens is 1. The number of carbonyl (C=O) groups is 2. The number of aliphatic hydroxyl groups excluding tert-OH is 1. The Morgan fingerprint density at radius 3 is 2.82 bits per heavy atom. The first-order chi connectivity index (χ1) is 15.7. The molecule has 0 aliphatic carbocycles. The number of ether oxygens (including phenoxy) is 2. The van der Waals surface area contributed by atoms with Crippen molar-refractivity contribution in [2.45, 2.75) is 38.7 Å². The molecule has 1 saturated heterocycles. The molecule has 2 aromatic carbocycles.